The van der Waals surface area contributed by atoms with Crippen LogP contribution < -0.4 is 9.64 Å². The molecule has 0 spiro atoms. The molecule has 0 bridgehead atoms. The van der Waals surface area contributed by atoms with E-state index in [2.05, 4.69) is 140 Å². The largest absolute Gasteiger partial charge is 0.497 e. The molecule has 2 nitrogen and oxygen atoms in total. The summed E-state index contributed by atoms with van der Waals surface area (Å²) < 4.78 is 5.37. The van der Waals surface area contributed by atoms with Gasteiger partial charge in [-0.2, -0.15) is 0 Å². The first-order valence-electron chi connectivity index (χ1n) is 12.6. The van der Waals surface area contributed by atoms with Crippen LogP contribution in [-0.2, 0) is 0 Å². The molecular weight excluding hydrogens is 450 g/mol. The predicted octanol–water partition coefficient (Wildman–Crippen LogP) is 9.37. The van der Waals surface area contributed by atoms with Crippen LogP contribution in [0.5, 0.6) is 5.75 Å². The summed E-state index contributed by atoms with van der Waals surface area (Å²) in [5.41, 5.74) is 10.5. The molecule has 5 aromatic carbocycles. The van der Waals surface area contributed by atoms with Gasteiger partial charge in [0.05, 0.1) is 7.11 Å². The molecule has 0 aliphatic rings. The van der Waals surface area contributed by atoms with Gasteiger partial charge in [0.2, 0.25) is 0 Å². The summed E-state index contributed by atoms with van der Waals surface area (Å²) >= 11 is 0. The van der Waals surface area contributed by atoms with Crippen LogP contribution in [0.2, 0.25) is 0 Å². The molecule has 0 aromatic heterocycles. The monoisotopic (exact) mass is 481 g/mol. The van der Waals surface area contributed by atoms with E-state index < -0.39 is 0 Å². The molecule has 0 unspecified atom stereocenters. The first-order chi connectivity index (χ1) is 18.1. The molecule has 0 saturated carbocycles. The van der Waals surface area contributed by atoms with Gasteiger partial charge in [-0.3, -0.25) is 0 Å². The van der Waals surface area contributed by atoms with Gasteiger partial charge in [-0.25, -0.2) is 0 Å². The van der Waals surface area contributed by atoms with E-state index in [0.29, 0.717) is 0 Å². The summed E-state index contributed by atoms with van der Waals surface area (Å²) in [6, 6.07) is 44.9. The zero-order valence-corrected chi connectivity index (χ0v) is 21.6. The molecule has 0 aliphatic carbocycles. The zero-order chi connectivity index (χ0) is 25.6. The molecule has 0 N–H and O–H groups in total. The maximum Gasteiger partial charge on any atom is 0.118 e. The third-order valence-electron chi connectivity index (χ3n) is 6.53. The molecule has 0 aliphatic heterocycles. The van der Waals surface area contributed by atoms with Gasteiger partial charge in [0, 0.05) is 17.1 Å². The third-order valence-corrected chi connectivity index (χ3v) is 6.53. The Hall–Kier alpha value is -4.56. The molecular formula is C35H31NO. The SMILES string of the molecule is COc1ccc(/C(=C\c2ccc(N(c3ccc(C)cc3)c3ccc(C)cc3)cc2)c2ccccc2)cc1. The van der Waals surface area contributed by atoms with Gasteiger partial charge in [0.1, 0.15) is 5.75 Å². The second-order valence-corrected chi connectivity index (χ2v) is 9.25. The van der Waals surface area contributed by atoms with Crippen LogP contribution in [0, 0.1) is 13.8 Å². The van der Waals surface area contributed by atoms with E-state index in [1.165, 1.54) is 22.3 Å². The van der Waals surface area contributed by atoms with E-state index in [4.69, 9.17) is 4.74 Å². The Kier molecular flexibility index (Phi) is 7.19. The fraction of sp³-hybridized carbons (Fsp3) is 0.0857. The molecule has 0 radical (unpaired) electrons. The Labute approximate surface area is 220 Å². The zero-order valence-electron chi connectivity index (χ0n) is 21.6. The summed E-state index contributed by atoms with van der Waals surface area (Å²) in [6.45, 7) is 4.24. The number of ether oxygens (including phenoxy) is 1. The lowest BCUT2D eigenvalue weighted by atomic mass is 9.95. The highest BCUT2D eigenvalue weighted by Crippen LogP contribution is 2.35. The average molecular weight is 482 g/mol. The van der Waals surface area contributed by atoms with E-state index >= 15 is 0 Å². The minimum absolute atomic E-state index is 0.854. The molecule has 0 amide bonds. The van der Waals surface area contributed by atoms with E-state index in [1.54, 1.807) is 7.11 Å². The van der Waals surface area contributed by atoms with Crippen molar-refractivity contribution in [3.63, 3.8) is 0 Å². The van der Waals surface area contributed by atoms with Crippen molar-refractivity contribution in [1.29, 1.82) is 0 Å². The first-order valence-corrected chi connectivity index (χ1v) is 12.6. The second-order valence-electron chi connectivity index (χ2n) is 9.25. The lowest BCUT2D eigenvalue weighted by Gasteiger charge is -2.26. The lowest BCUT2D eigenvalue weighted by Crippen LogP contribution is -2.09. The highest BCUT2D eigenvalue weighted by Gasteiger charge is 2.13. The molecule has 0 saturated heterocycles. The van der Waals surface area contributed by atoms with E-state index in [9.17, 15) is 0 Å². The maximum atomic E-state index is 5.37. The van der Waals surface area contributed by atoms with Crippen molar-refractivity contribution in [3.05, 3.63) is 155 Å². The Morgan fingerprint density at radius 2 is 1.00 bits per heavy atom. The smallest absolute Gasteiger partial charge is 0.118 e. The van der Waals surface area contributed by atoms with Crippen molar-refractivity contribution in [2.45, 2.75) is 13.8 Å². The number of methoxy groups -OCH3 is 1. The van der Waals surface area contributed by atoms with Crippen molar-refractivity contribution in [2.75, 3.05) is 12.0 Å². The number of aryl methyl sites for hydroxylation is 2. The van der Waals surface area contributed by atoms with Crippen LogP contribution in [-0.4, -0.2) is 7.11 Å². The Morgan fingerprint density at radius 3 is 1.49 bits per heavy atom. The molecule has 2 heteroatoms. The number of rotatable bonds is 7. The quantitative estimate of drug-likeness (QED) is 0.215. The van der Waals surface area contributed by atoms with Gasteiger partial charge in [-0.15, -0.1) is 0 Å². The van der Waals surface area contributed by atoms with Gasteiger partial charge in [-0.1, -0.05) is 90.0 Å². The highest BCUT2D eigenvalue weighted by atomic mass is 16.5. The summed E-state index contributed by atoms with van der Waals surface area (Å²) in [4.78, 5) is 2.30. The summed E-state index contributed by atoms with van der Waals surface area (Å²) in [6.07, 6.45) is 2.25. The van der Waals surface area contributed by atoms with Crippen LogP contribution in [0.25, 0.3) is 11.6 Å². The van der Waals surface area contributed by atoms with Gasteiger partial charge < -0.3 is 9.64 Å². The van der Waals surface area contributed by atoms with Crippen molar-refractivity contribution in [3.8, 4) is 5.75 Å². The first kappa shape index (κ1) is 24.1. The normalized spacial score (nSPS) is 11.3. The molecule has 182 valence electrons. The number of hydrogen-bond donors (Lipinski definition) is 0. The summed E-state index contributed by atoms with van der Waals surface area (Å²) in [7, 11) is 1.70. The van der Waals surface area contributed by atoms with E-state index in [0.717, 1.165) is 33.9 Å². The number of benzene rings is 5. The van der Waals surface area contributed by atoms with Gasteiger partial charge in [-0.05, 0) is 90.7 Å². The van der Waals surface area contributed by atoms with Crippen molar-refractivity contribution in [2.24, 2.45) is 0 Å². The molecule has 0 fully saturated rings. The molecule has 5 aromatic rings. The Bertz CT molecular complexity index is 1420. The third kappa shape index (κ3) is 5.65. The minimum Gasteiger partial charge on any atom is -0.497 e. The van der Waals surface area contributed by atoms with Crippen molar-refractivity contribution < 1.29 is 4.74 Å². The standard InChI is InChI=1S/C35H31NO/c1-26-9-17-31(18-10-26)36(32-19-11-27(2)12-20-32)33-21-13-28(14-22-33)25-35(29-7-5-4-6-8-29)30-15-23-34(37-3)24-16-30/h4-25H,1-3H3/b35-25-. The number of hydrogen-bond acceptors (Lipinski definition) is 2. The lowest BCUT2D eigenvalue weighted by molar-refractivity contribution is 0.415. The Balaban J connectivity index is 1.54. The van der Waals surface area contributed by atoms with Crippen molar-refractivity contribution in [1.82, 2.24) is 0 Å². The van der Waals surface area contributed by atoms with Gasteiger partial charge >= 0.3 is 0 Å². The molecule has 0 atom stereocenters. The van der Waals surface area contributed by atoms with Gasteiger partial charge in [0.15, 0.2) is 0 Å². The fourth-order valence-corrected chi connectivity index (χ4v) is 4.44. The summed E-state index contributed by atoms with van der Waals surface area (Å²) in [5, 5.41) is 0. The van der Waals surface area contributed by atoms with Crippen LogP contribution >= 0.6 is 0 Å². The highest BCUT2D eigenvalue weighted by molar-refractivity contribution is 5.92. The Morgan fingerprint density at radius 1 is 0.541 bits per heavy atom. The van der Waals surface area contributed by atoms with Crippen LogP contribution in [0.1, 0.15) is 27.8 Å². The second kappa shape index (κ2) is 11.0. The van der Waals surface area contributed by atoms with E-state index in [-0.39, 0.29) is 0 Å². The van der Waals surface area contributed by atoms with Crippen molar-refractivity contribution >= 4 is 28.7 Å². The predicted molar refractivity (Wildman–Crippen MR) is 157 cm³/mol. The van der Waals surface area contributed by atoms with Gasteiger partial charge in [0.25, 0.3) is 0 Å². The van der Waals surface area contributed by atoms with Crippen LogP contribution in [0.15, 0.2) is 127 Å². The van der Waals surface area contributed by atoms with E-state index in [1.807, 2.05) is 12.1 Å². The minimum atomic E-state index is 0.854. The maximum absolute atomic E-state index is 5.37. The number of nitrogens with zero attached hydrogens (tertiary/aromatic N) is 1. The molecule has 37 heavy (non-hydrogen) atoms. The summed E-state index contributed by atoms with van der Waals surface area (Å²) in [5.74, 6) is 0.854. The van der Waals surface area contributed by atoms with Crippen LogP contribution in [0.3, 0.4) is 0 Å². The number of anilines is 3. The topological polar surface area (TPSA) is 12.5 Å². The molecule has 5 rings (SSSR count). The average Bonchev–Trinajstić information content (AvgIpc) is 2.95. The molecule has 0 heterocycles. The van der Waals surface area contributed by atoms with Crippen LogP contribution in [0.4, 0.5) is 17.1 Å². The fourth-order valence-electron chi connectivity index (χ4n) is 4.44.